The Morgan fingerprint density at radius 1 is 1.50 bits per heavy atom. The molecule has 0 heterocycles. The van der Waals surface area contributed by atoms with Crippen LogP contribution in [-0.2, 0) is 0 Å². The molecule has 88 valence electrons. The maximum Gasteiger partial charge on any atom is 0.173 e. The van der Waals surface area contributed by atoms with Gasteiger partial charge in [0.25, 0.3) is 0 Å². The second-order valence-corrected chi connectivity index (χ2v) is 5.59. The van der Waals surface area contributed by atoms with Crippen LogP contribution in [0.2, 0.25) is 0 Å². The van der Waals surface area contributed by atoms with Crippen molar-refractivity contribution in [3.63, 3.8) is 0 Å². The molecule has 0 spiro atoms. The first kappa shape index (κ1) is 13.7. The predicted molar refractivity (Wildman–Crippen MR) is 72.0 cm³/mol. The van der Waals surface area contributed by atoms with E-state index in [2.05, 4.69) is 15.9 Å². The lowest BCUT2D eigenvalue weighted by molar-refractivity contribution is 0.102. The number of aliphatic hydroxyl groups is 1. The Hall–Kier alpha value is -0.320. The van der Waals surface area contributed by atoms with Crippen LogP contribution in [0.25, 0.3) is 0 Å². The van der Waals surface area contributed by atoms with Crippen LogP contribution < -0.4 is 0 Å². The van der Waals surface area contributed by atoms with Crippen molar-refractivity contribution in [2.24, 2.45) is 5.92 Å². The minimum Gasteiger partial charge on any atom is -0.396 e. The number of aliphatic hydroxyl groups excluding tert-OH is 1. The van der Waals surface area contributed by atoms with E-state index >= 15 is 0 Å². The number of benzene rings is 1. The van der Waals surface area contributed by atoms with E-state index in [0.29, 0.717) is 5.75 Å². The molecule has 0 saturated heterocycles. The summed E-state index contributed by atoms with van der Waals surface area (Å²) in [5.41, 5.74) is 0.728. The highest BCUT2D eigenvalue weighted by molar-refractivity contribution is 9.10. The number of carbonyl (C=O) groups is 1. The maximum absolute atomic E-state index is 11.8. The molecule has 0 aliphatic heterocycles. The van der Waals surface area contributed by atoms with Crippen molar-refractivity contribution in [1.29, 1.82) is 0 Å². The highest BCUT2D eigenvalue weighted by Crippen LogP contribution is 2.18. The van der Waals surface area contributed by atoms with Gasteiger partial charge in [0, 0.05) is 16.6 Å². The van der Waals surface area contributed by atoms with Crippen LogP contribution in [0.5, 0.6) is 0 Å². The fourth-order valence-electron chi connectivity index (χ4n) is 1.17. The summed E-state index contributed by atoms with van der Waals surface area (Å²) >= 11 is 4.93. The zero-order chi connectivity index (χ0) is 12.0. The molecule has 1 rings (SSSR count). The van der Waals surface area contributed by atoms with Gasteiger partial charge in [-0.2, -0.15) is 11.8 Å². The Kier molecular flexibility index (Phi) is 6.09. The molecule has 0 aliphatic rings. The van der Waals surface area contributed by atoms with E-state index in [0.717, 1.165) is 15.8 Å². The zero-order valence-electron chi connectivity index (χ0n) is 9.15. The van der Waals surface area contributed by atoms with E-state index in [4.69, 9.17) is 5.11 Å². The van der Waals surface area contributed by atoms with Crippen LogP contribution in [0.15, 0.2) is 28.7 Å². The topological polar surface area (TPSA) is 37.3 Å². The van der Waals surface area contributed by atoms with Gasteiger partial charge in [0.2, 0.25) is 0 Å². The molecular weight excluding hydrogens is 288 g/mol. The third kappa shape index (κ3) is 4.28. The van der Waals surface area contributed by atoms with Crippen LogP contribution >= 0.6 is 27.7 Å². The van der Waals surface area contributed by atoms with E-state index in [9.17, 15) is 4.79 Å². The van der Waals surface area contributed by atoms with Gasteiger partial charge in [-0.15, -0.1) is 0 Å². The summed E-state index contributed by atoms with van der Waals surface area (Å²) in [5.74, 6) is 1.65. The summed E-state index contributed by atoms with van der Waals surface area (Å²) in [7, 11) is 0. The van der Waals surface area contributed by atoms with Gasteiger partial charge in [0.05, 0.1) is 5.75 Å². The van der Waals surface area contributed by atoms with Crippen molar-refractivity contribution in [2.45, 2.75) is 6.92 Å². The molecule has 0 fully saturated rings. The van der Waals surface area contributed by atoms with E-state index in [1.54, 1.807) is 11.8 Å². The van der Waals surface area contributed by atoms with Crippen LogP contribution in [-0.4, -0.2) is 29.0 Å². The summed E-state index contributed by atoms with van der Waals surface area (Å²) in [5, 5.41) is 8.86. The SMILES string of the molecule is CC(CO)CSCC(=O)c1ccccc1Br. The van der Waals surface area contributed by atoms with Gasteiger partial charge in [-0.1, -0.05) is 41.1 Å². The lowest BCUT2D eigenvalue weighted by atomic mass is 10.1. The van der Waals surface area contributed by atoms with Gasteiger partial charge in [-0.3, -0.25) is 4.79 Å². The molecule has 0 radical (unpaired) electrons. The van der Waals surface area contributed by atoms with Crippen molar-refractivity contribution in [3.8, 4) is 0 Å². The molecule has 1 aromatic carbocycles. The zero-order valence-corrected chi connectivity index (χ0v) is 11.6. The molecule has 1 N–H and O–H groups in total. The summed E-state index contributed by atoms with van der Waals surface area (Å²) in [6.45, 7) is 2.14. The van der Waals surface area contributed by atoms with E-state index in [1.807, 2.05) is 31.2 Å². The van der Waals surface area contributed by atoms with Gasteiger partial charge < -0.3 is 5.11 Å². The fourth-order valence-corrected chi connectivity index (χ4v) is 2.64. The standard InChI is InChI=1S/C12H15BrO2S/c1-9(6-14)7-16-8-12(15)10-4-2-3-5-11(10)13/h2-5,9,14H,6-8H2,1H3. The number of Topliss-reactive ketones (excluding diaryl/α,β-unsaturated/α-hetero) is 1. The lowest BCUT2D eigenvalue weighted by Crippen LogP contribution is -2.08. The molecule has 1 aromatic rings. The molecule has 0 amide bonds. The van der Waals surface area contributed by atoms with Gasteiger partial charge in [-0.25, -0.2) is 0 Å². The molecule has 1 unspecified atom stereocenters. The number of ketones is 1. The molecular formula is C12H15BrO2S. The smallest absolute Gasteiger partial charge is 0.173 e. The molecule has 1 atom stereocenters. The summed E-state index contributed by atoms with van der Waals surface area (Å²) < 4.78 is 0.843. The average Bonchev–Trinajstić information content (AvgIpc) is 2.29. The number of hydrogen-bond donors (Lipinski definition) is 1. The Bertz CT molecular complexity index is 355. The first-order valence-electron chi connectivity index (χ1n) is 5.11. The summed E-state index contributed by atoms with van der Waals surface area (Å²) in [4.78, 5) is 11.8. The average molecular weight is 303 g/mol. The third-order valence-corrected chi connectivity index (χ3v) is 4.08. The lowest BCUT2D eigenvalue weighted by Gasteiger charge is -2.07. The van der Waals surface area contributed by atoms with Gasteiger partial charge >= 0.3 is 0 Å². The number of rotatable bonds is 6. The second-order valence-electron chi connectivity index (χ2n) is 3.71. The number of thioether (sulfide) groups is 1. The first-order chi connectivity index (χ1) is 7.65. The quantitative estimate of drug-likeness (QED) is 0.821. The molecule has 0 saturated carbocycles. The van der Waals surface area contributed by atoms with E-state index in [-0.39, 0.29) is 18.3 Å². The first-order valence-corrected chi connectivity index (χ1v) is 7.06. The molecule has 0 aromatic heterocycles. The number of halogens is 1. The van der Waals surface area contributed by atoms with Gasteiger partial charge in [0.1, 0.15) is 0 Å². The van der Waals surface area contributed by atoms with Crippen molar-refractivity contribution in [1.82, 2.24) is 0 Å². The summed E-state index contributed by atoms with van der Waals surface area (Å²) in [6, 6.07) is 7.44. The summed E-state index contributed by atoms with van der Waals surface area (Å²) in [6.07, 6.45) is 0. The Morgan fingerprint density at radius 2 is 2.19 bits per heavy atom. The van der Waals surface area contributed by atoms with E-state index < -0.39 is 0 Å². The molecule has 16 heavy (non-hydrogen) atoms. The van der Waals surface area contributed by atoms with Crippen LogP contribution in [0.3, 0.4) is 0 Å². The van der Waals surface area contributed by atoms with Crippen molar-refractivity contribution < 1.29 is 9.90 Å². The molecule has 4 heteroatoms. The highest BCUT2D eigenvalue weighted by atomic mass is 79.9. The van der Waals surface area contributed by atoms with Crippen LogP contribution in [0.4, 0.5) is 0 Å². The Morgan fingerprint density at radius 3 is 2.81 bits per heavy atom. The maximum atomic E-state index is 11.8. The monoisotopic (exact) mass is 302 g/mol. The van der Waals surface area contributed by atoms with Gasteiger partial charge in [0.15, 0.2) is 5.78 Å². The predicted octanol–water partition coefficient (Wildman–Crippen LogP) is 2.99. The normalized spacial score (nSPS) is 12.4. The van der Waals surface area contributed by atoms with Crippen molar-refractivity contribution in [2.75, 3.05) is 18.1 Å². The van der Waals surface area contributed by atoms with E-state index in [1.165, 1.54) is 0 Å². The number of hydrogen-bond acceptors (Lipinski definition) is 3. The largest absolute Gasteiger partial charge is 0.396 e. The highest BCUT2D eigenvalue weighted by Gasteiger charge is 2.10. The van der Waals surface area contributed by atoms with Crippen molar-refractivity contribution >= 4 is 33.5 Å². The Balaban J connectivity index is 2.44. The minimum atomic E-state index is 0.127. The van der Waals surface area contributed by atoms with Crippen molar-refractivity contribution in [3.05, 3.63) is 34.3 Å². The van der Waals surface area contributed by atoms with Crippen LogP contribution in [0, 0.1) is 5.92 Å². The third-order valence-electron chi connectivity index (χ3n) is 2.12. The second kappa shape index (κ2) is 7.09. The number of carbonyl (C=O) groups excluding carboxylic acids is 1. The fraction of sp³-hybridized carbons (Fsp3) is 0.417. The Labute approximate surface area is 109 Å². The minimum absolute atomic E-state index is 0.127. The van der Waals surface area contributed by atoms with Crippen LogP contribution in [0.1, 0.15) is 17.3 Å². The molecule has 2 nitrogen and oxygen atoms in total. The molecule has 0 bridgehead atoms. The molecule has 0 aliphatic carbocycles. The van der Waals surface area contributed by atoms with Gasteiger partial charge in [-0.05, 0) is 17.7 Å².